The van der Waals surface area contributed by atoms with Gasteiger partial charge in [-0.15, -0.1) is 11.8 Å². The van der Waals surface area contributed by atoms with Crippen LogP contribution in [0.2, 0.25) is 0 Å². The fourth-order valence-corrected chi connectivity index (χ4v) is 2.73. The molecule has 2 rings (SSSR count). The standard InChI is InChI=1S/C16H17FOS/c17-15-8-4-5-9-16(15)19-12-14(18)11-10-13-6-2-1-3-7-13/h1-9,14,18H,10-12H2. The normalized spacial score (nSPS) is 12.3. The maximum atomic E-state index is 13.4. The van der Waals surface area contributed by atoms with E-state index < -0.39 is 6.10 Å². The van der Waals surface area contributed by atoms with Crippen molar-refractivity contribution in [3.8, 4) is 0 Å². The van der Waals surface area contributed by atoms with Gasteiger partial charge in [0.25, 0.3) is 0 Å². The molecule has 0 fully saturated rings. The van der Waals surface area contributed by atoms with Gasteiger partial charge < -0.3 is 5.11 Å². The van der Waals surface area contributed by atoms with Crippen molar-refractivity contribution in [1.29, 1.82) is 0 Å². The molecule has 1 nitrogen and oxygen atoms in total. The third kappa shape index (κ3) is 4.69. The Kier molecular flexibility index (Phi) is 5.43. The summed E-state index contributed by atoms with van der Waals surface area (Å²) in [6, 6.07) is 16.7. The van der Waals surface area contributed by atoms with Gasteiger partial charge in [-0.25, -0.2) is 4.39 Å². The zero-order chi connectivity index (χ0) is 13.5. The predicted octanol–water partition coefficient (Wildman–Crippen LogP) is 3.91. The number of aliphatic hydroxyl groups excluding tert-OH is 1. The lowest BCUT2D eigenvalue weighted by atomic mass is 10.1. The van der Waals surface area contributed by atoms with Crippen LogP contribution in [0.1, 0.15) is 12.0 Å². The summed E-state index contributed by atoms with van der Waals surface area (Å²) in [5, 5.41) is 9.92. The van der Waals surface area contributed by atoms with E-state index in [0.717, 1.165) is 6.42 Å². The maximum absolute atomic E-state index is 13.4. The summed E-state index contributed by atoms with van der Waals surface area (Å²) in [5.41, 5.74) is 1.22. The van der Waals surface area contributed by atoms with Crippen LogP contribution < -0.4 is 0 Å². The molecule has 1 atom stereocenters. The Balaban J connectivity index is 1.76. The number of benzene rings is 2. The monoisotopic (exact) mass is 276 g/mol. The molecule has 0 saturated carbocycles. The molecule has 0 aromatic heterocycles. The van der Waals surface area contributed by atoms with Crippen LogP contribution in [-0.2, 0) is 6.42 Å². The molecule has 0 aliphatic heterocycles. The third-order valence-electron chi connectivity index (χ3n) is 2.88. The maximum Gasteiger partial charge on any atom is 0.136 e. The second-order valence-corrected chi connectivity index (χ2v) is 5.48. The minimum atomic E-state index is -0.412. The van der Waals surface area contributed by atoms with Crippen molar-refractivity contribution in [1.82, 2.24) is 0 Å². The highest BCUT2D eigenvalue weighted by Gasteiger charge is 2.08. The zero-order valence-corrected chi connectivity index (χ0v) is 11.4. The highest BCUT2D eigenvalue weighted by Crippen LogP contribution is 2.22. The largest absolute Gasteiger partial charge is 0.392 e. The molecule has 100 valence electrons. The van der Waals surface area contributed by atoms with E-state index in [0.29, 0.717) is 17.1 Å². The van der Waals surface area contributed by atoms with Crippen molar-refractivity contribution in [3.63, 3.8) is 0 Å². The Morgan fingerprint density at radius 1 is 1.00 bits per heavy atom. The quantitative estimate of drug-likeness (QED) is 0.807. The Hall–Kier alpha value is -1.32. The second-order valence-electron chi connectivity index (χ2n) is 4.42. The van der Waals surface area contributed by atoms with Gasteiger partial charge in [0.15, 0.2) is 0 Å². The minimum Gasteiger partial charge on any atom is -0.392 e. The van der Waals surface area contributed by atoms with Gasteiger partial charge in [-0.05, 0) is 30.5 Å². The van der Waals surface area contributed by atoms with Gasteiger partial charge in [0.1, 0.15) is 5.82 Å². The summed E-state index contributed by atoms with van der Waals surface area (Å²) in [7, 11) is 0. The molecule has 0 aliphatic carbocycles. The van der Waals surface area contributed by atoms with Gasteiger partial charge in [-0.1, -0.05) is 42.5 Å². The Morgan fingerprint density at radius 2 is 1.68 bits per heavy atom. The Labute approximate surface area is 117 Å². The van der Waals surface area contributed by atoms with E-state index in [2.05, 4.69) is 12.1 Å². The van der Waals surface area contributed by atoms with Crippen LogP contribution in [-0.4, -0.2) is 17.0 Å². The molecule has 0 radical (unpaired) electrons. The summed E-state index contributed by atoms with van der Waals surface area (Å²) < 4.78 is 13.4. The van der Waals surface area contributed by atoms with Gasteiger partial charge >= 0.3 is 0 Å². The van der Waals surface area contributed by atoms with E-state index in [-0.39, 0.29) is 5.82 Å². The molecule has 2 aromatic rings. The van der Waals surface area contributed by atoms with Crippen molar-refractivity contribution in [2.45, 2.75) is 23.8 Å². The van der Waals surface area contributed by atoms with Crippen LogP contribution in [0.4, 0.5) is 4.39 Å². The first-order valence-electron chi connectivity index (χ1n) is 6.35. The number of aliphatic hydroxyl groups is 1. The number of rotatable bonds is 6. The molecular formula is C16H17FOS. The number of aryl methyl sites for hydroxylation is 1. The van der Waals surface area contributed by atoms with Gasteiger partial charge in [0.05, 0.1) is 6.10 Å². The van der Waals surface area contributed by atoms with E-state index in [1.807, 2.05) is 24.3 Å². The highest BCUT2D eigenvalue weighted by atomic mass is 32.2. The van der Waals surface area contributed by atoms with Gasteiger partial charge in [-0.3, -0.25) is 0 Å². The summed E-state index contributed by atoms with van der Waals surface area (Å²) >= 11 is 1.37. The van der Waals surface area contributed by atoms with Crippen LogP contribution in [0.25, 0.3) is 0 Å². The van der Waals surface area contributed by atoms with E-state index in [9.17, 15) is 9.50 Å². The summed E-state index contributed by atoms with van der Waals surface area (Å²) in [4.78, 5) is 0.598. The second kappa shape index (κ2) is 7.31. The fourth-order valence-electron chi connectivity index (χ4n) is 1.81. The summed E-state index contributed by atoms with van der Waals surface area (Å²) in [6.45, 7) is 0. The molecule has 0 saturated heterocycles. The van der Waals surface area contributed by atoms with Gasteiger partial charge in [-0.2, -0.15) is 0 Å². The third-order valence-corrected chi connectivity index (χ3v) is 4.07. The number of halogens is 1. The molecule has 0 amide bonds. The van der Waals surface area contributed by atoms with E-state index >= 15 is 0 Å². The lowest BCUT2D eigenvalue weighted by molar-refractivity contribution is 0.189. The molecule has 0 aliphatic rings. The lowest BCUT2D eigenvalue weighted by Gasteiger charge is -2.10. The lowest BCUT2D eigenvalue weighted by Crippen LogP contribution is -2.11. The topological polar surface area (TPSA) is 20.2 Å². The van der Waals surface area contributed by atoms with Gasteiger partial charge in [0, 0.05) is 10.6 Å². The molecule has 0 heterocycles. The molecule has 19 heavy (non-hydrogen) atoms. The summed E-state index contributed by atoms with van der Waals surface area (Å²) in [5.74, 6) is 0.302. The summed E-state index contributed by atoms with van der Waals surface area (Å²) in [6.07, 6.45) is 1.13. The first kappa shape index (κ1) is 14.1. The molecule has 1 unspecified atom stereocenters. The van der Waals surface area contributed by atoms with E-state index in [1.165, 1.54) is 23.4 Å². The van der Waals surface area contributed by atoms with Crippen LogP contribution in [0.5, 0.6) is 0 Å². The predicted molar refractivity (Wildman–Crippen MR) is 77.9 cm³/mol. The first-order valence-corrected chi connectivity index (χ1v) is 7.33. The van der Waals surface area contributed by atoms with Crippen LogP contribution in [0.15, 0.2) is 59.5 Å². The average molecular weight is 276 g/mol. The van der Waals surface area contributed by atoms with Crippen LogP contribution >= 0.6 is 11.8 Å². The SMILES string of the molecule is OC(CCc1ccccc1)CSc1ccccc1F. The van der Waals surface area contributed by atoms with Gasteiger partial charge in [0.2, 0.25) is 0 Å². The van der Waals surface area contributed by atoms with Crippen LogP contribution in [0, 0.1) is 5.82 Å². The average Bonchev–Trinajstić information content (AvgIpc) is 2.45. The van der Waals surface area contributed by atoms with Crippen molar-refractivity contribution >= 4 is 11.8 Å². The van der Waals surface area contributed by atoms with Crippen molar-refractivity contribution in [2.75, 3.05) is 5.75 Å². The number of hydrogen-bond acceptors (Lipinski definition) is 2. The van der Waals surface area contributed by atoms with E-state index in [4.69, 9.17) is 0 Å². The molecule has 0 spiro atoms. The molecule has 2 aromatic carbocycles. The zero-order valence-electron chi connectivity index (χ0n) is 10.6. The molecule has 3 heteroatoms. The number of hydrogen-bond donors (Lipinski definition) is 1. The van der Waals surface area contributed by atoms with E-state index in [1.54, 1.807) is 12.1 Å². The van der Waals surface area contributed by atoms with Crippen LogP contribution in [0.3, 0.4) is 0 Å². The minimum absolute atomic E-state index is 0.220. The first-order chi connectivity index (χ1) is 9.25. The Morgan fingerprint density at radius 3 is 2.42 bits per heavy atom. The molecule has 0 bridgehead atoms. The Bertz CT molecular complexity index is 501. The molecule has 1 N–H and O–H groups in total. The highest BCUT2D eigenvalue weighted by molar-refractivity contribution is 7.99. The van der Waals surface area contributed by atoms with Crippen molar-refractivity contribution in [3.05, 3.63) is 66.0 Å². The number of thioether (sulfide) groups is 1. The van der Waals surface area contributed by atoms with Crippen molar-refractivity contribution in [2.24, 2.45) is 0 Å². The smallest absolute Gasteiger partial charge is 0.136 e. The fraction of sp³-hybridized carbons (Fsp3) is 0.250. The van der Waals surface area contributed by atoms with Crippen molar-refractivity contribution < 1.29 is 9.50 Å². The molecular weight excluding hydrogens is 259 g/mol.